The minimum Gasteiger partial charge on any atom is -0.337 e. The normalized spacial score (nSPS) is 10.8. The van der Waals surface area contributed by atoms with Gasteiger partial charge in [-0.05, 0) is 29.8 Å². The fourth-order valence-electron chi connectivity index (χ4n) is 2.68. The number of imidazole rings is 1. The molecule has 0 saturated carbocycles. The van der Waals surface area contributed by atoms with Gasteiger partial charge < -0.3 is 9.72 Å². The van der Waals surface area contributed by atoms with E-state index in [0.717, 1.165) is 29.3 Å². The van der Waals surface area contributed by atoms with Crippen molar-refractivity contribution in [1.29, 1.82) is 0 Å². The summed E-state index contributed by atoms with van der Waals surface area (Å²) in [6.07, 6.45) is 6.43. The zero-order chi connectivity index (χ0) is 15.5. The Morgan fingerprint density at radius 2 is 1.78 bits per heavy atom. The van der Waals surface area contributed by atoms with E-state index in [1.807, 2.05) is 36.4 Å². The van der Waals surface area contributed by atoms with Crippen LogP contribution in [0.4, 0.5) is 11.5 Å². The number of anilines is 2. The van der Waals surface area contributed by atoms with Crippen molar-refractivity contribution in [2.75, 3.05) is 5.32 Å². The van der Waals surface area contributed by atoms with Gasteiger partial charge in [-0.15, -0.1) is 0 Å². The van der Waals surface area contributed by atoms with Gasteiger partial charge in [0, 0.05) is 18.8 Å². The summed E-state index contributed by atoms with van der Waals surface area (Å²) in [7, 11) is 0. The van der Waals surface area contributed by atoms with Crippen LogP contribution in [-0.2, 0) is 6.42 Å². The van der Waals surface area contributed by atoms with Crippen LogP contribution in [0.15, 0.2) is 79.3 Å². The molecule has 1 N–H and O–H groups in total. The summed E-state index contributed by atoms with van der Waals surface area (Å²) < 4.78 is 2.13. The first-order chi connectivity index (χ1) is 11.4. The van der Waals surface area contributed by atoms with E-state index in [1.54, 1.807) is 12.4 Å². The molecule has 3 aromatic heterocycles. The molecule has 0 fully saturated rings. The summed E-state index contributed by atoms with van der Waals surface area (Å²) in [5, 5.41) is 3.39. The van der Waals surface area contributed by atoms with Crippen LogP contribution in [0.5, 0.6) is 0 Å². The first-order valence-electron chi connectivity index (χ1n) is 7.57. The lowest BCUT2D eigenvalue weighted by Crippen LogP contribution is -1.99. The number of hydrogen-bond donors (Lipinski definition) is 1. The van der Waals surface area contributed by atoms with Gasteiger partial charge in [-0.3, -0.25) is 4.98 Å². The van der Waals surface area contributed by atoms with Crippen LogP contribution in [0, 0.1) is 0 Å². The van der Waals surface area contributed by atoms with E-state index in [1.165, 1.54) is 5.56 Å². The van der Waals surface area contributed by atoms with Crippen LogP contribution < -0.4 is 5.32 Å². The van der Waals surface area contributed by atoms with Gasteiger partial charge in [-0.2, -0.15) is 0 Å². The number of nitrogens with one attached hydrogen (secondary N) is 1. The minimum absolute atomic E-state index is 0.814. The Kier molecular flexibility index (Phi) is 3.48. The maximum Gasteiger partial charge on any atom is 0.153 e. The van der Waals surface area contributed by atoms with E-state index in [-0.39, 0.29) is 0 Å². The third-order valence-electron chi connectivity index (χ3n) is 3.77. The van der Waals surface area contributed by atoms with Crippen LogP contribution in [0.2, 0.25) is 0 Å². The quantitative estimate of drug-likeness (QED) is 0.618. The molecule has 0 radical (unpaired) electrons. The van der Waals surface area contributed by atoms with Crippen LogP contribution >= 0.6 is 0 Å². The van der Waals surface area contributed by atoms with Crippen molar-refractivity contribution in [3.8, 4) is 0 Å². The zero-order valence-electron chi connectivity index (χ0n) is 12.6. The summed E-state index contributed by atoms with van der Waals surface area (Å²) >= 11 is 0. The molecule has 23 heavy (non-hydrogen) atoms. The molecule has 0 spiro atoms. The lowest BCUT2D eigenvalue weighted by molar-refractivity contribution is 1.03. The molecule has 4 heteroatoms. The van der Waals surface area contributed by atoms with Gasteiger partial charge in [0.1, 0.15) is 5.65 Å². The summed E-state index contributed by atoms with van der Waals surface area (Å²) in [5.41, 5.74) is 4.26. The molecule has 4 nitrogen and oxygen atoms in total. The Bertz CT molecular complexity index is 914. The van der Waals surface area contributed by atoms with Crippen LogP contribution in [-0.4, -0.2) is 14.4 Å². The molecule has 0 unspecified atom stereocenters. The fraction of sp³-hybridized carbons (Fsp3) is 0.0526. The highest BCUT2D eigenvalue weighted by Crippen LogP contribution is 2.24. The SMILES string of the molecule is c1ccc(Cc2c(Nc3cccnc3)nc3ccccn23)cc1. The Morgan fingerprint density at radius 1 is 0.913 bits per heavy atom. The second-order valence-corrected chi connectivity index (χ2v) is 5.37. The average molecular weight is 300 g/mol. The van der Waals surface area contributed by atoms with Gasteiger partial charge in [0.05, 0.1) is 17.6 Å². The first kappa shape index (κ1) is 13.5. The summed E-state index contributed by atoms with van der Waals surface area (Å²) in [6.45, 7) is 0. The topological polar surface area (TPSA) is 42.2 Å². The van der Waals surface area contributed by atoms with Crippen molar-refractivity contribution in [3.63, 3.8) is 0 Å². The van der Waals surface area contributed by atoms with Crippen LogP contribution in [0.3, 0.4) is 0 Å². The average Bonchev–Trinajstić information content (AvgIpc) is 2.94. The fourth-order valence-corrected chi connectivity index (χ4v) is 2.68. The van der Waals surface area contributed by atoms with Crippen molar-refractivity contribution < 1.29 is 0 Å². The largest absolute Gasteiger partial charge is 0.337 e. The molecule has 1 aromatic carbocycles. The summed E-state index contributed by atoms with van der Waals surface area (Å²) in [4.78, 5) is 8.88. The molecular weight excluding hydrogens is 284 g/mol. The highest BCUT2D eigenvalue weighted by molar-refractivity contribution is 5.63. The second-order valence-electron chi connectivity index (χ2n) is 5.37. The number of benzene rings is 1. The Balaban J connectivity index is 1.78. The smallest absolute Gasteiger partial charge is 0.153 e. The predicted molar refractivity (Wildman–Crippen MR) is 92.0 cm³/mol. The van der Waals surface area contributed by atoms with E-state index in [9.17, 15) is 0 Å². The maximum absolute atomic E-state index is 4.73. The van der Waals surface area contributed by atoms with E-state index in [2.05, 4.69) is 45.2 Å². The van der Waals surface area contributed by atoms with Crippen molar-refractivity contribution in [1.82, 2.24) is 14.4 Å². The molecule has 3 heterocycles. The third kappa shape index (κ3) is 2.79. The van der Waals surface area contributed by atoms with E-state index in [0.29, 0.717) is 0 Å². The van der Waals surface area contributed by atoms with Gasteiger partial charge in [0.25, 0.3) is 0 Å². The Morgan fingerprint density at radius 3 is 2.61 bits per heavy atom. The molecule has 112 valence electrons. The third-order valence-corrected chi connectivity index (χ3v) is 3.77. The summed E-state index contributed by atoms with van der Waals surface area (Å²) in [6, 6.07) is 20.4. The minimum atomic E-state index is 0.814. The Hall–Kier alpha value is -3.14. The maximum atomic E-state index is 4.73. The highest BCUT2D eigenvalue weighted by atomic mass is 15.1. The molecule has 0 saturated heterocycles. The molecule has 0 aliphatic rings. The molecule has 0 aliphatic carbocycles. The second kappa shape index (κ2) is 5.93. The molecule has 4 rings (SSSR count). The predicted octanol–water partition coefficient (Wildman–Crippen LogP) is 4.06. The highest BCUT2D eigenvalue weighted by Gasteiger charge is 2.12. The molecule has 4 aromatic rings. The van der Waals surface area contributed by atoms with Crippen molar-refractivity contribution in [3.05, 3.63) is 90.5 Å². The standard InChI is InChI=1S/C19H16N4/c1-2-7-15(8-3-1)13-17-19(21-16-9-6-11-20-14-16)22-18-10-4-5-12-23(17)18/h1-12,14,21H,13H2. The molecule has 0 atom stereocenters. The van der Waals surface area contributed by atoms with Crippen molar-refractivity contribution in [2.45, 2.75) is 6.42 Å². The Labute approximate surface area is 134 Å². The number of rotatable bonds is 4. The van der Waals surface area contributed by atoms with Crippen molar-refractivity contribution >= 4 is 17.2 Å². The number of pyridine rings is 2. The number of aromatic nitrogens is 3. The molecule has 0 aliphatic heterocycles. The number of nitrogens with zero attached hydrogens (tertiary/aromatic N) is 3. The number of fused-ring (bicyclic) bond motifs is 1. The lowest BCUT2D eigenvalue weighted by Gasteiger charge is -2.07. The molecular formula is C19H16N4. The van der Waals surface area contributed by atoms with Crippen LogP contribution in [0.25, 0.3) is 5.65 Å². The number of hydrogen-bond acceptors (Lipinski definition) is 3. The molecule has 0 bridgehead atoms. The van der Waals surface area contributed by atoms with Crippen molar-refractivity contribution in [2.24, 2.45) is 0 Å². The summed E-state index contributed by atoms with van der Waals surface area (Å²) in [5.74, 6) is 0.869. The van der Waals surface area contributed by atoms with Gasteiger partial charge in [-0.25, -0.2) is 4.98 Å². The monoisotopic (exact) mass is 300 g/mol. The molecule has 0 amide bonds. The van der Waals surface area contributed by atoms with Crippen LogP contribution in [0.1, 0.15) is 11.3 Å². The first-order valence-corrected chi connectivity index (χ1v) is 7.57. The van der Waals surface area contributed by atoms with Gasteiger partial charge in [-0.1, -0.05) is 36.4 Å². The van der Waals surface area contributed by atoms with E-state index in [4.69, 9.17) is 4.98 Å². The van der Waals surface area contributed by atoms with Gasteiger partial charge in [0.2, 0.25) is 0 Å². The van der Waals surface area contributed by atoms with Gasteiger partial charge >= 0.3 is 0 Å². The lowest BCUT2D eigenvalue weighted by atomic mass is 10.1. The van der Waals surface area contributed by atoms with E-state index >= 15 is 0 Å². The van der Waals surface area contributed by atoms with Gasteiger partial charge in [0.15, 0.2) is 5.82 Å². The van der Waals surface area contributed by atoms with E-state index < -0.39 is 0 Å². The zero-order valence-corrected chi connectivity index (χ0v) is 12.6.